The monoisotopic (exact) mass is 319 g/mol. The van der Waals surface area contributed by atoms with Crippen molar-refractivity contribution in [2.45, 2.75) is 32.2 Å². The second-order valence-corrected chi connectivity index (χ2v) is 4.76. The third-order valence-corrected chi connectivity index (χ3v) is 4.24. The molecule has 1 aromatic carbocycles. The predicted octanol–water partition coefficient (Wildman–Crippen LogP) is 3.65. The fourth-order valence-electron chi connectivity index (χ4n) is 1.63. The smallest absolute Gasteiger partial charge is 0.254 e. The quantitative estimate of drug-likeness (QED) is 0.825. The fourth-order valence-corrected chi connectivity index (χ4v) is 2.56. The average Bonchev–Trinajstić information content (AvgIpc) is 2.36. The van der Waals surface area contributed by atoms with Gasteiger partial charge in [-0.1, -0.05) is 29.8 Å². The summed E-state index contributed by atoms with van der Waals surface area (Å²) in [5, 5.41) is 3.39. The maximum atomic E-state index is 13.5. The zero-order valence-corrected chi connectivity index (χ0v) is 12.0. The van der Waals surface area contributed by atoms with E-state index in [-0.39, 0.29) is 5.56 Å². The summed E-state index contributed by atoms with van der Waals surface area (Å²) < 4.78 is 26.2. The molecule has 0 spiro atoms. The highest BCUT2D eigenvalue weighted by Gasteiger charge is 2.28. The van der Waals surface area contributed by atoms with Crippen LogP contribution in [0.25, 0.3) is 0 Å². The second kappa shape index (κ2) is 6.27. The number of hydrogen-bond acceptors (Lipinski definition) is 1. The molecule has 0 saturated heterocycles. The number of nitrogens with one attached hydrogen (secondary N) is 1. The summed E-state index contributed by atoms with van der Waals surface area (Å²) >= 11 is 3.36. The van der Waals surface area contributed by atoms with Crippen molar-refractivity contribution in [3.05, 3.63) is 35.4 Å². The zero-order chi connectivity index (χ0) is 13.8. The van der Waals surface area contributed by atoms with Crippen LogP contribution in [0.2, 0.25) is 0 Å². The first kappa shape index (κ1) is 15.1. The van der Waals surface area contributed by atoms with E-state index >= 15 is 0 Å². The van der Waals surface area contributed by atoms with E-state index in [0.717, 1.165) is 25.0 Å². The largest absolute Gasteiger partial charge is 0.346 e. The lowest BCUT2D eigenvalue weighted by Crippen LogP contribution is -2.49. The normalized spacial score (nSPS) is 11.4. The minimum atomic E-state index is -0.844. The van der Waals surface area contributed by atoms with Crippen molar-refractivity contribution in [3.63, 3.8) is 0 Å². The van der Waals surface area contributed by atoms with Crippen molar-refractivity contribution < 1.29 is 13.6 Å². The lowest BCUT2D eigenvalue weighted by Gasteiger charge is -2.31. The maximum Gasteiger partial charge on any atom is 0.254 e. The number of alkyl halides is 1. The van der Waals surface area contributed by atoms with Crippen molar-refractivity contribution in [2.24, 2.45) is 0 Å². The van der Waals surface area contributed by atoms with Crippen molar-refractivity contribution in [1.82, 2.24) is 5.32 Å². The molecule has 1 aromatic rings. The Morgan fingerprint density at radius 3 is 2.39 bits per heavy atom. The molecule has 1 rings (SSSR count). The van der Waals surface area contributed by atoms with Gasteiger partial charge in [0.15, 0.2) is 0 Å². The van der Waals surface area contributed by atoms with Crippen molar-refractivity contribution in [2.75, 3.05) is 5.33 Å². The molecule has 0 aliphatic heterocycles. The number of halogens is 3. The van der Waals surface area contributed by atoms with Crippen LogP contribution in [0, 0.1) is 11.6 Å². The molecular weight excluding hydrogens is 304 g/mol. The molecule has 0 heterocycles. The Morgan fingerprint density at radius 2 is 1.94 bits per heavy atom. The Hall–Kier alpha value is -0.970. The van der Waals surface area contributed by atoms with Gasteiger partial charge in [-0.15, -0.1) is 0 Å². The topological polar surface area (TPSA) is 29.1 Å². The van der Waals surface area contributed by atoms with E-state index < -0.39 is 23.1 Å². The van der Waals surface area contributed by atoms with Crippen LogP contribution in [-0.2, 0) is 0 Å². The van der Waals surface area contributed by atoms with E-state index in [1.54, 1.807) is 0 Å². The third-order valence-electron chi connectivity index (χ3n) is 3.16. The number of carbonyl (C=O) groups excluding carboxylic acids is 1. The molecule has 0 aliphatic rings. The number of benzene rings is 1. The first-order chi connectivity index (χ1) is 8.48. The van der Waals surface area contributed by atoms with Crippen LogP contribution in [0.4, 0.5) is 8.78 Å². The lowest BCUT2D eigenvalue weighted by molar-refractivity contribution is 0.0899. The minimum absolute atomic E-state index is 0.136. The van der Waals surface area contributed by atoms with Gasteiger partial charge in [0.25, 0.3) is 5.91 Å². The van der Waals surface area contributed by atoms with E-state index in [0.29, 0.717) is 11.4 Å². The van der Waals surface area contributed by atoms with E-state index in [2.05, 4.69) is 21.2 Å². The van der Waals surface area contributed by atoms with Crippen LogP contribution in [-0.4, -0.2) is 16.8 Å². The molecule has 100 valence electrons. The van der Waals surface area contributed by atoms with E-state index in [1.165, 1.54) is 0 Å². The van der Waals surface area contributed by atoms with Gasteiger partial charge in [-0.05, 0) is 25.0 Å². The zero-order valence-electron chi connectivity index (χ0n) is 10.4. The Kier molecular flexibility index (Phi) is 5.26. The van der Waals surface area contributed by atoms with Crippen molar-refractivity contribution in [3.8, 4) is 0 Å². The highest BCUT2D eigenvalue weighted by Crippen LogP contribution is 2.19. The Bertz CT molecular complexity index is 425. The SMILES string of the molecule is CCC(CC)(CBr)NC(=O)c1ccc(F)cc1F. The molecule has 2 nitrogen and oxygen atoms in total. The van der Waals surface area contributed by atoms with Crippen LogP contribution < -0.4 is 5.32 Å². The van der Waals surface area contributed by atoms with Gasteiger partial charge < -0.3 is 5.32 Å². The molecule has 5 heteroatoms. The van der Waals surface area contributed by atoms with Gasteiger partial charge >= 0.3 is 0 Å². The average molecular weight is 320 g/mol. The molecule has 0 radical (unpaired) electrons. The third kappa shape index (κ3) is 3.28. The van der Waals surface area contributed by atoms with Gasteiger partial charge in [0.2, 0.25) is 0 Å². The van der Waals surface area contributed by atoms with Gasteiger partial charge in [-0.2, -0.15) is 0 Å². The van der Waals surface area contributed by atoms with Crippen LogP contribution in [0.15, 0.2) is 18.2 Å². The van der Waals surface area contributed by atoms with Crippen LogP contribution in [0.5, 0.6) is 0 Å². The first-order valence-electron chi connectivity index (χ1n) is 5.81. The number of rotatable bonds is 5. The maximum absolute atomic E-state index is 13.5. The number of hydrogen-bond donors (Lipinski definition) is 1. The molecule has 1 amide bonds. The van der Waals surface area contributed by atoms with Gasteiger partial charge in [0, 0.05) is 16.9 Å². The number of carbonyl (C=O) groups is 1. The van der Waals surface area contributed by atoms with Gasteiger partial charge in [-0.25, -0.2) is 8.78 Å². The summed E-state index contributed by atoms with van der Waals surface area (Å²) in [4.78, 5) is 12.0. The molecule has 0 aromatic heterocycles. The minimum Gasteiger partial charge on any atom is -0.346 e. The Morgan fingerprint density at radius 1 is 1.33 bits per heavy atom. The second-order valence-electron chi connectivity index (χ2n) is 4.20. The molecular formula is C13H16BrF2NO. The van der Waals surface area contributed by atoms with E-state index in [4.69, 9.17) is 0 Å². The summed E-state index contributed by atoms with van der Waals surface area (Å²) in [5.74, 6) is -2.05. The summed E-state index contributed by atoms with van der Waals surface area (Å²) in [6.07, 6.45) is 1.45. The molecule has 1 N–H and O–H groups in total. The van der Waals surface area contributed by atoms with Gasteiger partial charge in [-0.3, -0.25) is 4.79 Å². The summed E-state index contributed by atoms with van der Waals surface area (Å²) in [7, 11) is 0. The lowest BCUT2D eigenvalue weighted by atomic mass is 9.95. The van der Waals surface area contributed by atoms with Crippen LogP contribution in [0.1, 0.15) is 37.0 Å². The van der Waals surface area contributed by atoms with E-state index in [1.807, 2.05) is 13.8 Å². The summed E-state index contributed by atoms with van der Waals surface area (Å²) in [5.41, 5.74) is -0.540. The van der Waals surface area contributed by atoms with Crippen LogP contribution >= 0.6 is 15.9 Å². The molecule has 0 bridgehead atoms. The molecule has 0 fully saturated rings. The standard InChI is InChI=1S/C13H16BrF2NO/c1-3-13(4-2,8-14)17-12(18)10-6-5-9(15)7-11(10)16/h5-7H,3-4,8H2,1-2H3,(H,17,18). The van der Waals surface area contributed by atoms with Crippen molar-refractivity contribution in [1.29, 1.82) is 0 Å². The predicted molar refractivity (Wildman–Crippen MR) is 70.9 cm³/mol. The highest BCUT2D eigenvalue weighted by atomic mass is 79.9. The molecule has 0 saturated carbocycles. The van der Waals surface area contributed by atoms with Gasteiger partial charge in [0.05, 0.1) is 5.56 Å². The molecule has 0 unspecified atom stereocenters. The molecule has 18 heavy (non-hydrogen) atoms. The molecule has 0 aliphatic carbocycles. The first-order valence-corrected chi connectivity index (χ1v) is 6.93. The highest BCUT2D eigenvalue weighted by molar-refractivity contribution is 9.09. The van der Waals surface area contributed by atoms with Crippen LogP contribution in [0.3, 0.4) is 0 Å². The van der Waals surface area contributed by atoms with E-state index in [9.17, 15) is 13.6 Å². The molecule has 0 atom stereocenters. The Labute approximate surface area is 114 Å². The summed E-state index contributed by atoms with van der Waals surface area (Å²) in [6, 6.07) is 2.94. The van der Waals surface area contributed by atoms with Crippen molar-refractivity contribution >= 4 is 21.8 Å². The Balaban J connectivity index is 2.94. The number of amides is 1. The fraction of sp³-hybridized carbons (Fsp3) is 0.462. The summed E-state index contributed by atoms with van der Waals surface area (Å²) in [6.45, 7) is 3.90. The van der Waals surface area contributed by atoms with Gasteiger partial charge in [0.1, 0.15) is 11.6 Å².